The van der Waals surface area contributed by atoms with Gasteiger partial charge in [-0.05, 0) is 31.9 Å². The highest BCUT2D eigenvalue weighted by Crippen LogP contribution is 2.23. The van der Waals surface area contributed by atoms with Crippen molar-refractivity contribution in [2.24, 2.45) is 0 Å². The maximum Gasteiger partial charge on any atom is 0.410 e. The van der Waals surface area contributed by atoms with Gasteiger partial charge in [-0.15, -0.1) is 0 Å². The fraction of sp³-hybridized carbons (Fsp3) is 0.364. The highest BCUT2D eigenvalue weighted by atomic mass is 16.6. The Kier molecular flexibility index (Phi) is 6.99. The van der Waals surface area contributed by atoms with Gasteiger partial charge < -0.3 is 15.0 Å². The lowest BCUT2D eigenvalue weighted by Crippen LogP contribution is -2.42. The van der Waals surface area contributed by atoms with E-state index in [9.17, 15) is 9.59 Å². The number of nitrogens with zero attached hydrogens (tertiary/aromatic N) is 1. The van der Waals surface area contributed by atoms with Crippen LogP contribution in [0.25, 0.3) is 0 Å². The van der Waals surface area contributed by atoms with Crippen LogP contribution in [-0.2, 0) is 9.53 Å². The number of ether oxygens (including phenoxy) is 1. The van der Waals surface area contributed by atoms with Crippen molar-refractivity contribution in [2.45, 2.75) is 32.3 Å². The predicted molar refractivity (Wildman–Crippen MR) is 107 cm³/mol. The van der Waals surface area contributed by atoms with E-state index < -0.39 is 11.7 Å². The summed E-state index contributed by atoms with van der Waals surface area (Å²) >= 11 is 0. The third kappa shape index (κ3) is 6.77. The van der Waals surface area contributed by atoms with Crippen LogP contribution in [0.4, 0.5) is 4.79 Å². The quantitative estimate of drug-likeness (QED) is 0.844. The summed E-state index contributed by atoms with van der Waals surface area (Å²) in [5.41, 5.74) is 1.67. The summed E-state index contributed by atoms with van der Waals surface area (Å²) in [6.07, 6.45) is -0.514. The molecule has 1 N–H and O–H groups in total. The van der Waals surface area contributed by atoms with Gasteiger partial charge in [0.15, 0.2) is 0 Å². The highest BCUT2D eigenvalue weighted by molar-refractivity contribution is 5.82. The molecule has 0 saturated carbocycles. The smallest absolute Gasteiger partial charge is 0.410 e. The Morgan fingerprint density at radius 3 is 1.89 bits per heavy atom. The normalized spacial score (nSPS) is 11.1. The van der Waals surface area contributed by atoms with E-state index in [-0.39, 0.29) is 18.4 Å². The zero-order valence-electron chi connectivity index (χ0n) is 16.4. The molecule has 0 fully saturated rings. The zero-order valence-corrected chi connectivity index (χ0v) is 16.4. The summed E-state index contributed by atoms with van der Waals surface area (Å²) in [5.74, 6) is -0.177. The van der Waals surface area contributed by atoms with Crippen molar-refractivity contribution < 1.29 is 14.3 Å². The SMILES string of the molecule is CN(CC(=O)NCC(c1ccccc1)c1ccccc1)C(=O)OC(C)(C)C. The van der Waals surface area contributed by atoms with Gasteiger partial charge >= 0.3 is 6.09 Å². The average molecular weight is 368 g/mol. The van der Waals surface area contributed by atoms with Gasteiger partial charge in [-0.1, -0.05) is 60.7 Å². The van der Waals surface area contributed by atoms with Crippen molar-refractivity contribution >= 4 is 12.0 Å². The van der Waals surface area contributed by atoms with E-state index in [0.29, 0.717) is 6.54 Å². The van der Waals surface area contributed by atoms with Crippen LogP contribution in [-0.4, -0.2) is 42.6 Å². The van der Waals surface area contributed by atoms with Gasteiger partial charge in [-0.25, -0.2) is 4.79 Å². The number of carbonyl (C=O) groups is 2. The van der Waals surface area contributed by atoms with E-state index in [2.05, 4.69) is 29.6 Å². The van der Waals surface area contributed by atoms with Gasteiger partial charge in [0.05, 0.1) is 0 Å². The van der Waals surface area contributed by atoms with E-state index in [1.165, 1.54) is 4.90 Å². The Morgan fingerprint density at radius 2 is 1.44 bits per heavy atom. The number of hydrogen-bond donors (Lipinski definition) is 1. The van der Waals surface area contributed by atoms with E-state index >= 15 is 0 Å². The van der Waals surface area contributed by atoms with Crippen LogP contribution in [0.5, 0.6) is 0 Å². The van der Waals surface area contributed by atoms with E-state index in [1.54, 1.807) is 27.8 Å². The average Bonchev–Trinajstić information content (AvgIpc) is 2.62. The third-order valence-corrected chi connectivity index (χ3v) is 3.99. The second-order valence-corrected chi connectivity index (χ2v) is 7.51. The summed E-state index contributed by atoms with van der Waals surface area (Å²) < 4.78 is 5.27. The molecule has 0 saturated heterocycles. The summed E-state index contributed by atoms with van der Waals surface area (Å²) in [6.45, 7) is 5.79. The van der Waals surface area contributed by atoms with Crippen molar-refractivity contribution in [3.8, 4) is 0 Å². The van der Waals surface area contributed by atoms with Gasteiger partial charge in [0.25, 0.3) is 0 Å². The van der Waals surface area contributed by atoms with Crippen molar-refractivity contribution in [3.63, 3.8) is 0 Å². The molecule has 2 rings (SSSR count). The molecule has 2 aromatic rings. The molecule has 0 spiro atoms. The molecular weight excluding hydrogens is 340 g/mol. The first-order valence-corrected chi connectivity index (χ1v) is 9.07. The minimum atomic E-state index is -0.590. The van der Waals surface area contributed by atoms with Gasteiger partial charge in [0.2, 0.25) is 5.91 Å². The Balaban J connectivity index is 1.99. The molecule has 0 aliphatic heterocycles. The molecule has 0 atom stereocenters. The first kappa shape index (κ1) is 20.5. The Bertz CT molecular complexity index is 700. The first-order valence-electron chi connectivity index (χ1n) is 9.07. The number of carbonyl (C=O) groups excluding carboxylic acids is 2. The molecule has 0 aliphatic carbocycles. The molecule has 5 heteroatoms. The fourth-order valence-corrected chi connectivity index (χ4v) is 2.69. The maximum atomic E-state index is 12.3. The Morgan fingerprint density at radius 1 is 0.963 bits per heavy atom. The summed E-state index contributed by atoms with van der Waals surface area (Å²) in [5, 5.41) is 2.94. The molecule has 2 amide bonds. The molecule has 144 valence electrons. The van der Waals surface area contributed by atoms with Gasteiger partial charge in [0, 0.05) is 19.5 Å². The number of likely N-dealkylation sites (N-methyl/N-ethyl adjacent to an activating group) is 1. The summed E-state index contributed by atoms with van der Waals surface area (Å²) in [4.78, 5) is 25.6. The van der Waals surface area contributed by atoms with Gasteiger partial charge in [-0.3, -0.25) is 4.79 Å². The lowest BCUT2D eigenvalue weighted by Gasteiger charge is -2.24. The minimum Gasteiger partial charge on any atom is -0.444 e. The van der Waals surface area contributed by atoms with Gasteiger partial charge in [-0.2, -0.15) is 0 Å². The van der Waals surface area contributed by atoms with Crippen molar-refractivity contribution in [2.75, 3.05) is 20.1 Å². The molecular formula is C22H28N2O3. The van der Waals surface area contributed by atoms with Crippen LogP contribution in [0.3, 0.4) is 0 Å². The summed E-state index contributed by atoms with van der Waals surface area (Å²) in [6, 6.07) is 20.1. The molecule has 2 aromatic carbocycles. The monoisotopic (exact) mass is 368 g/mol. The van der Waals surface area contributed by atoms with E-state index in [4.69, 9.17) is 4.74 Å². The fourth-order valence-electron chi connectivity index (χ4n) is 2.69. The Labute approximate surface area is 161 Å². The van der Waals surface area contributed by atoms with Crippen LogP contribution < -0.4 is 5.32 Å². The van der Waals surface area contributed by atoms with Crippen LogP contribution in [0.2, 0.25) is 0 Å². The lowest BCUT2D eigenvalue weighted by atomic mass is 9.91. The molecule has 0 heterocycles. The molecule has 5 nitrogen and oxygen atoms in total. The topological polar surface area (TPSA) is 58.6 Å². The number of benzene rings is 2. The van der Waals surface area contributed by atoms with Crippen molar-refractivity contribution in [1.29, 1.82) is 0 Å². The zero-order chi connectivity index (χ0) is 19.9. The van der Waals surface area contributed by atoms with Crippen LogP contribution in [0.15, 0.2) is 60.7 Å². The number of rotatable bonds is 6. The van der Waals surface area contributed by atoms with Crippen LogP contribution in [0, 0.1) is 0 Å². The maximum absolute atomic E-state index is 12.3. The van der Waals surface area contributed by atoms with Gasteiger partial charge in [0.1, 0.15) is 12.1 Å². The number of hydrogen-bond acceptors (Lipinski definition) is 3. The van der Waals surface area contributed by atoms with Crippen LogP contribution >= 0.6 is 0 Å². The van der Waals surface area contributed by atoms with Crippen molar-refractivity contribution in [1.82, 2.24) is 10.2 Å². The lowest BCUT2D eigenvalue weighted by molar-refractivity contribution is -0.122. The number of amides is 2. The Hall–Kier alpha value is -2.82. The standard InChI is InChI=1S/C22H28N2O3/c1-22(2,3)27-21(26)24(4)16-20(25)23-15-19(17-11-7-5-8-12-17)18-13-9-6-10-14-18/h5-14,19H,15-16H2,1-4H3,(H,23,25). The predicted octanol–water partition coefficient (Wildman–Crippen LogP) is 3.80. The number of nitrogens with one attached hydrogen (secondary N) is 1. The molecule has 0 radical (unpaired) electrons. The molecule has 0 aromatic heterocycles. The van der Waals surface area contributed by atoms with E-state index in [0.717, 1.165) is 11.1 Å². The highest BCUT2D eigenvalue weighted by Gasteiger charge is 2.22. The molecule has 0 bridgehead atoms. The second-order valence-electron chi connectivity index (χ2n) is 7.51. The molecule has 27 heavy (non-hydrogen) atoms. The third-order valence-electron chi connectivity index (χ3n) is 3.99. The van der Waals surface area contributed by atoms with Crippen LogP contribution in [0.1, 0.15) is 37.8 Å². The minimum absolute atomic E-state index is 0.0446. The largest absolute Gasteiger partial charge is 0.444 e. The molecule has 0 aliphatic rings. The summed E-state index contributed by atoms with van der Waals surface area (Å²) in [7, 11) is 1.56. The second kappa shape index (κ2) is 9.21. The molecule has 0 unspecified atom stereocenters. The van der Waals surface area contributed by atoms with E-state index in [1.807, 2.05) is 36.4 Å². The first-order chi connectivity index (χ1) is 12.8. The van der Waals surface area contributed by atoms with Crippen molar-refractivity contribution in [3.05, 3.63) is 71.8 Å².